The molecule has 0 unspecified atom stereocenters. The van der Waals surface area contributed by atoms with Crippen molar-refractivity contribution in [3.8, 4) is 5.75 Å². The largest absolute Gasteiger partial charge is 0.497 e. The summed E-state index contributed by atoms with van der Waals surface area (Å²) in [5.74, 6) is -1.03. The highest BCUT2D eigenvalue weighted by Crippen LogP contribution is 2.37. The van der Waals surface area contributed by atoms with Crippen molar-refractivity contribution in [2.45, 2.75) is 75.6 Å². The summed E-state index contributed by atoms with van der Waals surface area (Å²) >= 11 is 0. The van der Waals surface area contributed by atoms with Crippen LogP contribution < -0.4 is 4.74 Å². The third kappa shape index (κ3) is 6.79. The molecule has 0 bridgehead atoms. The van der Waals surface area contributed by atoms with E-state index < -0.39 is 42.2 Å². The molecule has 1 fully saturated rings. The molecule has 0 saturated carbocycles. The summed E-state index contributed by atoms with van der Waals surface area (Å²) in [6, 6.07) is 4.81. The van der Waals surface area contributed by atoms with E-state index in [1.807, 2.05) is 13.1 Å². The predicted octanol–water partition coefficient (Wildman–Crippen LogP) is 3.40. The molecule has 0 aliphatic carbocycles. The first-order valence-electron chi connectivity index (χ1n) is 11.2. The molecule has 9 nitrogen and oxygen atoms in total. The smallest absolute Gasteiger partial charge is 0.326 e. The Morgan fingerprint density at radius 1 is 1.21 bits per heavy atom. The molecule has 1 aromatic carbocycles. The number of hydrogen-bond acceptors (Lipinski definition) is 8. The lowest BCUT2D eigenvalue weighted by Crippen LogP contribution is -2.53. The van der Waals surface area contributed by atoms with Crippen molar-refractivity contribution in [2.75, 3.05) is 34.0 Å². The number of benzene rings is 1. The summed E-state index contributed by atoms with van der Waals surface area (Å²) in [5, 5.41) is -0.125. The van der Waals surface area contributed by atoms with Gasteiger partial charge in [-0.05, 0) is 56.2 Å². The number of methoxy groups -OCH3 is 2. The number of rotatable bonds is 10. The molecule has 0 amide bonds. The van der Waals surface area contributed by atoms with Crippen molar-refractivity contribution in [1.82, 2.24) is 4.31 Å². The Bertz CT molecular complexity index is 941. The fourth-order valence-electron chi connectivity index (χ4n) is 3.24. The average Bonchev–Trinajstić information content (AvgIpc) is 3.10. The lowest BCUT2D eigenvalue weighted by molar-refractivity contribution is -0.148. The third-order valence-electron chi connectivity index (χ3n) is 6.35. The van der Waals surface area contributed by atoms with Gasteiger partial charge in [0.25, 0.3) is 0 Å². The molecule has 11 heteroatoms. The van der Waals surface area contributed by atoms with Gasteiger partial charge in [0, 0.05) is 6.54 Å². The number of esters is 1. The Morgan fingerprint density at radius 2 is 1.79 bits per heavy atom. The highest BCUT2D eigenvalue weighted by Gasteiger charge is 2.44. The van der Waals surface area contributed by atoms with Crippen LogP contribution in [0.1, 0.15) is 34.6 Å². The third-order valence-corrected chi connectivity index (χ3v) is 12.7. The first kappa shape index (κ1) is 28.7. The van der Waals surface area contributed by atoms with E-state index in [0.29, 0.717) is 5.75 Å². The van der Waals surface area contributed by atoms with Crippen molar-refractivity contribution in [3.05, 3.63) is 24.3 Å². The lowest BCUT2D eigenvalue weighted by atomic mass is 10.2. The summed E-state index contributed by atoms with van der Waals surface area (Å²) in [6.45, 7) is 13.8. The van der Waals surface area contributed by atoms with E-state index in [4.69, 9.17) is 23.4 Å². The van der Waals surface area contributed by atoms with Crippen molar-refractivity contribution >= 4 is 24.3 Å². The number of carbonyl (C=O) groups is 1. The summed E-state index contributed by atoms with van der Waals surface area (Å²) in [5.41, 5.74) is 0. The van der Waals surface area contributed by atoms with Crippen LogP contribution in [0.3, 0.4) is 0 Å². The van der Waals surface area contributed by atoms with Gasteiger partial charge in [-0.3, -0.25) is 4.79 Å². The second-order valence-corrected chi connectivity index (χ2v) is 17.0. The molecule has 34 heavy (non-hydrogen) atoms. The van der Waals surface area contributed by atoms with Crippen molar-refractivity contribution < 1.29 is 36.6 Å². The second kappa shape index (κ2) is 10.6. The molecule has 0 spiro atoms. The molecule has 2 atom stereocenters. The molecule has 0 aromatic heterocycles. The standard InChI is InChI=1S/C23H39NO8SSi/c1-22(2,3)34(8,9)31-16-20(21(25)29-7)24(14-18-15-30-23(4,5)32-18)33(26,27)19-12-10-17(28-6)11-13-19/h10-13,18,20H,14-16H2,1-9H3/t18-,20+/m0/s1. The van der Waals surface area contributed by atoms with Gasteiger partial charge in [-0.1, -0.05) is 20.8 Å². The van der Waals surface area contributed by atoms with Crippen LogP contribution in [0.2, 0.25) is 18.1 Å². The minimum absolute atomic E-state index is 0.0210. The predicted molar refractivity (Wildman–Crippen MR) is 131 cm³/mol. The SMILES string of the molecule is COC(=O)[C@@H](CO[Si](C)(C)C(C)(C)C)N(C[C@H]1COC(C)(C)O1)S(=O)(=O)c1ccc(OC)cc1. The van der Waals surface area contributed by atoms with Gasteiger partial charge in [-0.25, -0.2) is 8.42 Å². The Morgan fingerprint density at radius 3 is 2.24 bits per heavy atom. The number of nitrogens with zero attached hydrogens (tertiary/aromatic N) is 1. The minimum atomic E-state index is -4.13. The molecule has 1 aromatic rings. The number of sulfonamides is 1. The van der Waals surface area contributed by atoms with Crippen molar-refractivity contribution in [2.24, 2.45) is 0 Å². The van der Waals surface area contributed by atoms with Gasteiger partial charge in [0.1, 0.15) is 11.8 Å². The molecule has 194 valence electrons. The van der Waals surface area contributed by atoms with Gasteiger partial charge in [0.05, 0.1) is 38.4 Å². The van der Waals surface area contributed by atoms with E-state index in [-0.39, 0.29) is 29.7 Å². The minimum Gasteiger partial charge on any atom is -0.497 e. The van der Waals surface area contributed by atoms with E-state index in [2.05, 4.69) is 20.8 Å². The van der Waals surface area contributed by atoms with Crippen LogP contribution in [-0.4, -0.2) is 78.9 Å². The summed E-state index contributed by atoms with van der Waals surface area (Å²) in [4.78, 5) is 12.9. The maximum atomic E-state index is 13.8. The van der Waals surface area contributed by atoms with E-state index in [9.17, 15) is 13.2 Å². The van der Waals surface area contributed by atoms with Crippen LogP contribution in [0.4, 0.5) is 0 Å². The van der Waals surface area contributed by atoms with E-state index >= 15 is 0 Å². The zero-order chi connectivity index (χ0) is 25.9. The summed E-state index contributed by atoms with van der Waals surface area (Å²) in [6.07, 6.45) is -0.567. The van der Waals surface area contributed by atoms with Crippen LogP contribution in [0.5, 0.6) is 5.75 Å². The number of hydrogen-bond donors (Lipinski definition) is 0. The maximum Gasteiger partial charge on any atom is 0.326 e. The number of ether oxygens (including phenoxy) is 4. The highest BCUT2D eigenvalue weighted by molar-refractivity contribution is 7.89. The lowest BCUT2D eigenvalue weighted by Gasteiger charge is -2.38. The molecule has 1 aliphatic rings. The van der Waals surface area contributed by atoms with Gasteiger partial charge in [0.2, 0.25) is 10.0 Å². The van der Waals surface area contributed by atoms with Gasteiger partial charge in [-0.2, -0.15) is 4.31 Å². The van der Waals surface area contributed by atoms with Crippen LogP contribution in [0.15, 0.2) is 29.2 Å². The average molecular weight is 518 g/mol. The normalized spacial score (nSPS) is 19.8. The zero-order valence-electron chi connectivity index (χ0n) is 21.7. The monoisotopic (exact) mass is 517 g/mol. The quantitative estimate of drug-likeness (QED) is 0.344. The molecule has 0 N–H and O–H groups in total. The van der Waals surface area contributed by atoms with Crippen LogP contribution in [0.25, 0.3) is 0 Å². The molecular weight excluding hydrogens is 478 g/mol. The molecular formula is C23H39NO8SSi. The van der Waals surface area contributed by atoms with Gasteiger partial charge in [-0.15, -0.1) is 0 Å². The van der Waals surface area contributed by atoms with E-state index in [1.54, 1.807) is 26.0 Å². The number of carbonyl (C=O) groups excluding carboxylic acids is 1. The molecule has 0 radical (unpaired) electrons. The molecule has 1 aliphatic heterocycles. The second-order valence-electron chi connectivity index (χ2n) is 10.3. The van der Waals surface area contributed by atoms with E-state index in [1.165, 1.54) is 26.4 Å². The summed E-state index contributed by atoms with van der Waals surface area (Å²) < 4.78 is 56.7. The molecule has 2 rings (SSSR count). The van der Waals surface area contributed by atoms with Gasteiger partial charge >= 0.3 is 5.97 Å². The van der Waals surface area contributed by atoms with Crippen LogP contribution >= 0.6 is 0 Å². The molecule has 1 heterocycles. The van der Waals surface area contributed by atoms with Gasteiger partial charge in [0.15, 0.2) is 14.1 Å². The fraction of sp³-hybridized carbons (Fsp3) is 0.696. The zero-order valence-corrected chi connectivity index (χ0v) is 23.5. The van der Waals surface area contributed by atoms with Crippen molar-refractivity contribution in [1.29, 1.82) is 0 Å². The fourth-order valence-corrected chi connectivity index (χ4v) is 5.84. The van der Waals surface area contributed by atoms with Crippen molar-refractivity contribution in [3.63, 3.8) is 0 Å². The first-order chi connectivity index (χ1) is 15.5. The van der Waals surface area contributed by atoms with Gasteiger partial charge < -0.3 is 23.4 Å². The Labute approximate surface area is 204 Å². The van der Waals surface area contributed by atoms with E-state index in [0.717, 1.165) is 4.31 Å². The molecule has 1 saturated heterocycles. The Kier molecular flexibility index (Phi) is 8.98. The first-order valence-corrected chi connectivity index (χ1v) is 15.6. The highest BCUT2D eigenvalue weighted by atomic mass is 32.2. The maximum absolute atomic E-state index is 13.8. The van der Waals surface area contributed by atoms with Crippen LogP contribution in [-0.2, 0) is 33.5 Å². The topological polar surface area (TPSA) is 101 Å². The summed E-state index contributed by atoms with van der Waals surface area (Å²) in [7, 11) is -3.69. The Hall–Kier alpha value is -1.50. The Balaban J connectivity index is 2.47. The van der Waals surface area contributed by atoms with Crippen LogP contribution in [0, 0.1) is 0 Å².